The molecular weight excluding hydrogens is 328 g/mol. The van der Waals surface area contributed by atoms with E-state index in [1.54, 1.807) is 0 Å². The fraction of sp³-hybridized carbons (Fsp3) is 0.357. The fourth-order valence-electron chi connectivity index (χ4n) is 1.79. The number of hydrogen-bond acceptors (Lipinski definition) is 5. The lowest BCUT2D eigenvalue weighted by atomic mass is 10.3. The zero-order valence-corrected chi connectivity index (χ0v) is 13.1. The molecule has 1 fully saturated rings. The van der Waals surface area contributed by atoms with Gasteiger partial charge in [0.2, 0.25) is 11.0 Å². The van der Waals surface area contributed by atoms with E-state index < -0.39 is 11.6 Å². The predicted octanol–water partition coefficient (Wildman–Crippen LogP) is 3.81. The number of carbonyl (C=O) groups is 1. The summed E-state index contributed by atoms with van der Waals surface area (Å²) in [4.78, 5) is 12.4. The third-order valence-corrected chi connectivity index (χ3v) is 5.10. The number of nitrogens with zero attached hydrogens (tertiary/aromatic N) is 2. The summed E-state index contributed by atoms with van der Waals surface area (Å²) in [5.74, 6) is -0.910. The molecule has 1 heterocycles. The summed E-state index contributed by atoms with van der Waals surface area (Å²) in [5, 5.41) is 12.2. The van der Waals surface area contributed by atoms with Gasteiger partial charge in [-0.25, -0.2) is 8.78 Å². The highest BCUT2D eigenvalue weighted by Gasteiger charge is 2.27. The average molecular weight is 341 g/mol. The fourth-order valence-corrected chi connectivity index (χ4v) is 3.59. The minimum Gasteiger partial charge on any atom is -0.301 e. The van der Waals surface area contributed by atoms with Crippen molar-refractivity contribution >= 4 is 34.1 Å². The molecule has 4 nitrogen and oxygen atoms in total. The number of nitrogens with one attached hydrogen (secondary N) is 1. The Balaban J connectivity index is 1.44. The van der Waals surface area contributed by atoms with Crippen molar-refractivity contribution < 1.29 is 13.6 Å². The third kappa shape index (κ3) is 4.01. The molecule has 22 heavy (non-hydrogen) atoms. The van der Waals surface area contributed by atoms with E-state index >= 15 is 0 Å². The number of benzene rings is 1. The van der Waals surface area contributed by atoms with Gasteiger partial charge in [-0.1, -0.05) is 11.3 Å². The maximum Gasteiger partial charge on any atom is 0.227 e. The molecule has 8 heteroatoms. The standard InChI is InChI=1S/C14H13F2N3OS2/c15-10-4-3-9(7-11(10)16)21-6-5-12(20)17-14-19-18-13(22-14)8-1-2-8/h3-4,7-8H,1-2,5-6H2,(H,17,19,20). The largest absolute Gasteiger partial charge is 0.301 e. The van der Waals surface area contributed by atoms with Gasteiger partial charge >= 0.3 is 0 Å². The van der Waals surface area contributed by atoms with Gasteiger partial charge < -0.3 is 5.32 Å². The van der Waals surface area contributed by atoms with Crippen LogP contribution in [0.25, 0.3) is 0 Å². The van der Waals surface area contributed by atoms with Crippen LogP contribution in [0.3, 0.4) is 0 Å². The first-order chi connectivity index (χ1) is 10.6. The molecule has 1 aromatic heterocycles. The summed E-state index contributed by atoms with van der Waals surface area (Å²) in [6.45, 7) is 0. The SMILES string of the molecule is O=C(CCSc1ccc(F)c(F)c1)Nc1nnc(C2CC2)s1. The maximum atomic E-state index is 13.0. The molecule has 0 saturated heterocycles. The second-order valence-electron chi connectivity index (χ2n) is 4.94. The molecule has 116 valence electrons. The maximum absolute atomic E-state index is 13.0. The van der Waals surface area contributed by atoms with Crippen molar-refractivity contribution in [2.45, 2.75) is 30.1 Å². The number of carbonyl (C=O) groups excluding carboxylic acids is 1. The van der Waals surface area contributed by atoms with Crippen LogP contribution in [0.5, 0.6) is 0 Å². The predicted molar refractivity (Wildman–Crippen MR) is 82.2 cm³/mol. The van der Waals surface area contributed by atoms with Gasteiger partial charge in [0, 0.05) is 23.0 Å². The van der Waals surface area contributed by atoms with E-state index in [1.807, 2.05) is 0 Å². The molecule has 0 aliphatic heterocycles. The molecule has 2 aromatic rings. The Morgan fingerprint density at radius 2 is 2.14 bits per heavy atom. The van der Waals surface area contributed by atoms with Crippen molar-refractivity contribution in [3.05, 3.63) is 34.8 Å². The number of rotatable bonds is 6. The molecule has 0 bridgehead atoms. The Bertz CT molecular complexity index is 688. The minimum atomic E-state index is -0.879. The average Bonchev–Trinajstić information content (AvgIpc) is 3.23. The van der Waals surface area contributed by atoms with E-state index in [1.165, 1.54) is 29.2 Å². The van der Waals surface area contributed by atoms with Gasteiger partial charge in [-0.3, -0.25) is 4.79 Å². The van der Waals surface area contributed by atoms with Crippen molar-refractivity contribution in [3.63, 3.8) is 0 Å². The van der Waals surface area contributed by atoms with Crippen molar-refractivity contribution in [2.75, 3.05) is 11.1 Å². The van der Waals surface area contributed by atoms with Crippen molar-refractivity contribution in [1.29, 1.82) is 0 Å². The van der Waals surface area contributed by atoms with Gasteiger partial charge in [0.05, 0.1) is 0 Å². The first-order valence-corrected chi connectivity index (χ1v) is 8.63. The van der Waals surface area contributed by atoms with Crippen LogP contribution in [0.1, 0.15) is 30.2 Å². The highest BCUT2D eigenvalue weighted by atomic mass is 32.2. The van der Waals surface area contributed by atoms with E-state index in [0.717, 1.165) is 30.0 Å². The summed E-state index contributed by atoms with van der Waals surface area (Å²) in [6.07, 6.45) is 2.56. The molecule has 1 amide bonds. The first kappa shape index (κ1) is 15.4. The molecule has 0 spiro atoms. The van der Waals surface area contributed by atoms with Crippen LogP contribution in [0.4, 0.5) is 13.9 Å². The summed E-state index contributed by atoms with van der Waals surface area (Å²) in [6, 6.07) is 3.70. The van der Waals surface area contributed by atoms with Gasteiger partial charge in [0.25, 0.3) is 0 Å². The molecule has 1 aromatic carbocycles. The van der Waals surface area contributed by atoms with Crippen LogP contribution < -0.4 is 5.32 Å². The second-order valence-corrected chi connectivity index (χ2v) is 7.12. The molecule has 1 saturated carbocycles. The van der Waals surface area contributed by atoms with E-state index in [9.17, 15) is 13.6 Å². The van der Waals surface area contributed by atoms with Gasteiger partial charge in [0.15, 0.2) is 11.6 Å². The lowest BCUT2D eigenvalue weighted by molar-refractivity contribution is -0.115. The number of halogens is 2. The monoisotopic (exact) mass is 341 g/mol. The molecule has 0 unspecified atom stereocenters. The Hall–Kier alpha value is -1.54. The number of hydrogen-bond donors (Lipinski definition) is 1. The summed E-state index contributed by atoms with van der Waals surface area (Å²) < 4.78 is 25.8. The molecule has 0 atom stereocenters. The van der Waals surface area contributed by atoms with Crippen LogP contribution in [0.2, 0.25) is 0 Å². The summed E-state index contributed by atoms with van der Waals surface area (Å²) >= 11 is 2.72. The highest BCUT2D eigenvalue weighted by molar-refractivity contribution is 7.99. The lowest BCUT2D eigenvalue weighted by Gasteiger charge is -2.02. The number of thioether (sulfide) groups is 1. The highest BCUT2D eigenvalue weighted by Crippen LogP contribution is 2.42. The Morgan fingerprint density at radius 1 is 1.32 bits per heavy atom. The van der Waals surface area contributed by atoms with Gasteiger partial charge in [-0.2, -0.15) is 0 Å². The smallest absolute Gasteiger partial charge is 0.227 e. The Labute approximate surface area is 134 Å². The van der Waals surface area contributed by atoms with Crippen LogP contribution in [0, 0.1) is 11.6 Å². The summed E-state index contributed by atoms with van der Waals surface area (Å²) in [5.41, 5.74) is 0. The molecule has 1 N–H and O–H groups in total. The zero-order valence-electron chi connectivity index (χ0n) is 11.5. The normalized spacial score (nSPS) is 14.1. The van der Waals surface area contributed by atoms with E-state index in [-0.39, 0.29) is 12.3 Å². The number of anilines is 1. The Morgan fingerprint density at radius 3 is 2.86 bits per heavy atom. The molecular formula is C14H13F2N3OS2. The molecule has 3 rings (SSSR count). The number of amides is 1. The van der Waals surface area contributed by atoms with E-state index in [0.29, 0.717) is 21.7 Å². The number of aromatic nitrogens is 2. The third-order valence-electron chi connectivity index (χ3n) is 3.10. The van der Waals surface area contributed by atoms with Gasteiger partial charge in [-0.15, -0.1) is 22.0 Å². The lowest BCUT2D eigenvalue weighted by Crippen LogP contribution is -2.11. The van der Waals surface area contributed by atoms with E-state index in [4.69, 9.17) is 0 Å². The van der Waals surface area contributed by atoms with Gasteiger partial charge in [0.1, 0.15) is 5.01 Å². The van der Waals surface area contributed by atoms with Crippen molar-refractivity contribution in [2.24, 2.45) is 0 Å². The van der Waals surface area contributed by atoms with Crippen molar-refractivity contribution in [1.82, 2.24) is 10.2 Å². The quantitative estimate of drug-likeness (QED) is 0.812. The van der Waals surface area contributed by atoms with E-state index in [2.05, 4.69) is 15.5 Å². The van der Waals surface area contributed by atoms with Crippen molar-refractivity contribution in [3.8, 4) is 0 Å². The van der Waals surface area contributed by atoms with Crippen LogP contribution >= 0.6 is 23.1 Å². The van der Waals surface area contributed by atoms with Crippen LogP contribution in [-0.4, -0.2) is 21.9 Å². The second kappa shape index (κ2) is 6.70. The molecule has 1 aliphatic rings. The first-order valence-electron chi connectivity index (χ1n) is 6.83. The molecule has 0 radical (unpaired) electrons. The van der Waals surface area contributed by atoms with Crippen LogP contribution in [-0.2, 0) is 4.79 Å². The van der Waals surface area contributed by atoms with Gasteiger partial charge in [-0.05, 0) is 31.0 Å². The van der Waals surface area contributed by atoms with Crippen LogP contribution in [0.15, 0.2) is 23.1 Å². The topological polar surface area (TPSA) is 54.9 Å². The Kier molecular flexibility index (Phi) is 4.68. The molecule has 1 aliphatic carbocycles. The summed E-state index contributed by atoms with van der Waals surface area (Å²) in [7, 11) is 0. The zero-order chi connectivity index (χ0) is 15.5. The minimum absolute atomic E-state index is 0.159.